The summed E-state index contributed by atoms with van der Waals surface area (Å²) in [5.41, 5.74) is 2.31. The van der Waals surface area contributed by atoms with Gasteiger partial charge >= 0.3 is 6.03 Å². The molecule has 4 rings (SSSR count). The maximum Gasteiger partial charge on any atom is 0.324 e. The molecule has 2 heterocycles. The van der Waals surface area contributed by atoms with Crippen LogP contribution >= 0.6 is 11.8 Å². The van der Waals surface area contributed by atoms with Crippen LogP contribution in [0.1, 0.15) is 15.9 Å². The Morgan fingerprint density at radius 2 is 2.00 bits per heavy atom. The van der Waals surface area contributed by atoms with Crippen molar-refractivity contribution in [2.75, 3.05) is 22.9 Å². The Balaban J connectivity index is 1.48. The van der Waals surface area contributed by atoms with Crippen LogP contribution in [0.4, 0.5) is 16.2 Å². The highest BCUT2D eigenvalue weighted by molar-refractivity contribution is 8.00. The van der Waals surface area contributed by atoms with Crippen LogP contribution in [0.3, 0.4) is 0 Å². The topological polar surface area (TPSA) is 108 Å². The number of hydrogen-bond acceptors (Lipinski definition) is 5. The van der Waals surface area contributed by atoms with E-state index in [-0.39, 0.29) is 30.8 Å². The van der Waals surface area contributed by atoms with Crippen molar-refractivity contribution in [1.29, 1.82) is 0 Å². The lowest BCUT2D eigenvalue weighted by atomic mass is 10.1. The van der Waals surface area contributed by atoms with Gasteiger partial charge < -0.3 is 16.0 Å². The highest BCUT2D eigenvalue weighted by Gasteiger charge is 2.28. The number of hydrogen-bond donors (Lipinski definition) is 3. The lowest BCUT2D eigenvalue weighted by molar-refractivity contribution is -0.125. The summed E-state index contributed by atoms with van der Waals surface area (Å²) in [6, 6.07) is 11.7. The Morgan fingerprint density at radius 1 is 1.14 bits per heavy atom. The van der Waals surface area contributed by atoms with Crippen LogP contribution in [-0.4, -0.2) is 41.0 Å². The largest absolute Gasteiger partial charge is 0.329 e. The van der Waals surface area contributed by atoms with Crippen LogP contribution in [-0.2, 0) is 16.1 Å². The summed E-state index contributed by atoms with van der Waals surface area (Å²) >= 11 is 1.43. The molecule has 2 aromatic rings. The molecule has 5 amide bonds. The van der Waals surface area contributed by atoms with E-state index in [0.717, 1.165) is 15.4 Å². The SMILES string of the molecule is O=C1CSc2ccc(C(=O)Nc3cccc(CN4C(=O)CNC4=O)c3)cc2N1. The average Bonchev–Trinajstić information content (AvgIpc) is 2.99. The van der Waals surface area contributed by atoms with Gasteiger partial charge in [0.15, 0.2) is 0 Å². The Hall–Kier alpha value is -3.33. The minimum atomic E-state index is -0.423. The molecule has 2 aliphatic rings. The number of nitrogens with zero attached hydrogens (tertiary/aromatic N) is 1. The minimum absolute atomic E-state index is 0.00239. The van der Waals surface area contributed by atoms with Gasteiger partial charge in [-0.15, -0.1) is 11.8 Å². The van der Waals surface area contributed by atoms with E-state index < -0.39 is 6.03 Å². The highest BCUT2D eigenvalue weighted by atomic mass is 32.2. The van der Waals surface area contributed by atoms with Gasteiger partial charge in [0.25, 0.3) is 5.91 Å². The number of carbonyl (C=O) groups excluding carboxylic acids is 4. The zero-order valence-electron chi connectivity index (χ0n) is 14.7. The maximum atomic E-state index is 12.6. The van der Waals surface area contributed by atoms with Crippen LogP contribution in [0.5, 0.6) is 0 Å². The summed E-state index contributed by atoms with van der Waals surface area (Å²) in [6.45, 7) is 0.138. The highest BCUT2D eigenvalue weighted by Crippen LogP contribution is 2.32. The predicted octanol–water partition coefficient (Wildman–Crippen LogP) is 2.03. The number of imide groups is 1. The van der Waals surface area contributed by atoms with E-state index in [1.54, 1.807) is 36.4 Å². The first-order valence-corrected chi connectivity index (χ1v) is 9.53. The second-order valence-electron chi connectivity index (χ2n) is 6.34. The number of anilines is 2. The van der Waals surface area contributed by atoms with Crippen LogP contribution in [0, 0.1) is 0 Å². The van der Waals surface area contributed by atoms with Crippen LogP contribution in [0.15, 0.2) is 47.4 Å². The monoisotopic (exact) mass is 396 g/mol. The van der Waals surface area contributed by atoms with Gasteiger partial charge in [-0.3, -0.25) is 19.3 Å². The Bertz CT molecular complexity index is 991. The second-order valence-corrected chi connectivity index (χ2v) is 7.36. The first kappa shape index (κ1) is 18.1. The molecule has 0 bridgehead atoms. The van der Waals surface area contributed by atoms with Gasteiger partial charge in [0.2, 0.25) is 11.8 Å². The summed E-state index contributed by atoms with van der Waals surface area (Å²) < 4.78 is 0. The third-order valence-electron chi connectivity index (χ3n) is 4.34. The molecule has 1 saturated heterocycles. The first-order valence-electron chi connectivity index (χ1n) is 8.55. The number of benzene rings is 2. The van der Waals surface area contributed by atoms with Gasteiger partial charge in [0, 0.05) is 16.1 Å². The molecule has 28 heavy (non-hydrogen) atoms. The van der Waals surface area contributed by atoms with E-state index in [9.17, 15) is 19.2 Å². The van der Waals surface area contributed by atoms with E-state index in [2.05, 4.69) is 16.0 Å². The molecule has 0 unspecified atom stereocenters. The van der Waals surface area contributed by atoms with Crippen molar-refractivity contribution in [3.8, 4) is 0 Å². The summed E-state index contributed by atoms with van der Waals surface area (Å²) in [5.74, 6) is -0.334. The van der Waals surface area contributed by atoms with E-state index >= 15 is 0 Å². The fourth-order valence-corrected chi connectivity index (χ4v) is 3.76. The van der Waals surface area contributed by atoms with E-state index in [1.807, 2.05) is 6.07 Å². The van der Waals surface area contributed by atoms with Gasteiger partial charge in [-0.1, -0.05) is 12.1 Å². The standard InChI is InChI=1S/C19H16N4O4S/c24-16-10-28-15-5-4-12(7-14(15)22-16)18(26)21-13-3-1-2-11(6-13)9-23-17(25)8-20-19(23)27/h1-7H,8-10H2,(H,20,27)(H,21,26)(H,22,24). The number of fused-ring (bicyclic) bond motifs is 1. The molecule has 0 saturated carbocycles. The number of thioether (sulfide) groups is 1. The van der Waals surface area contributed by atoms with E-state index in [1.165, 1.54) is 11.8 Å². The van der Waals surface area contributed by atoms with E-state index in [0.29, 0.717) is 22.7 Å². The Labute approximate surface area is 164 Å². The smallest absolute Gasteiger partial charge is 0.324 e. The van der Waals surface area contributed by atoms with Crippen LogP contribution in [0.2, 0.25) is 0 Å². The number of amides is 5. The Morgan fingerprint density at radius 3 is 2.79 bits per heavy atom. The third kappa shape index (κ3) is 3.70. The van der Waals surface area contributed by atoms with Crippen LogP contribution in [0.25, 0.3) is 0 Å². The normalized spacial score (nSPS) is 15.7. The van der Waals surface area contributed by atoms with Gasteiger partial charge in [-0.2, -0.15) is 0 Å². The molecule has 0 aromatic heterocycles. The molecule has 0 atom stereocenters. The fraction of sp³-hybridized carbons (Fsp3) is 0.158. The first-order chi connectivity index (χ1) is 13.5. The molecular formula is C19H16N4O4S. The molecule has 0 spiro atoms. The average molecular weight is 396 g/mol. The molecule has 2 aromatic carbocycles. The number of rotatable bonds is 4. The molecule has 1 fully saturated rings. The molecule has 3 N–H and O–H groups in total. The van der Waals surface area contributed by atoms with Crippen molar-refractivity contribution < 1.29 is 19.2 Å². The van der Waals surface area contributed by atoms with Crippen molar-refractivity contribution in [2.45, 2.75) is 11.4 Å². The molecular weight excluding hydrogens is 380 g/mol. The summed E-state index contributed by atoms with van der Waals surface area (Å²) in [6.07, 6.45) is 0. The van der Waals surface area contributed by atoms with Gasteiger partial charge in [0.05, 0.1) is 24.5 Å². The zero-order valence-corrected chi connectivity index (χ0v) is 15.5. The van der Waals surface area contributed by atoms with Crippen molar-refractivity contribution >= 4 is 46.9 Å². The van der Waals surface area contributed by atoms with Crippen molar-refractivity contribution in [2.24, 2.45) is 0 Å². The summed E-state index contributed by atoms with van der Waals surface area (Å²) in [4.78, 5) is 49.6. The molecule has 0 aliphatic carbocycles. The number of carbonyl (C=O) groups is 4. The quantitative estimate of drug-likeness (QED) is 0.686. The van der Waals surface area contributed by atoms with Gasteiger partial charge in [-0.05, 0) is 35.9 Å². The maximum absolute atomic E-state index is 12.6. The van der Waals surface area contributed by atoms with Gasteiger partial charge in [-0.25, -0.2) is 4.79 Å². The zero-order chi connectivity index (χ0) is 19.7. The van der Waals surface area contributed by atoms with Crippen molar-refractivity contribution in [1.82, 2.24) is 10.2 Å². The molecule has 2 aliphatic heterocycles. The molecule has 9 heteroatoms. The number of nitrogens with one attached hydrogen (secondary N) is 3. The summed E-state index contributed by atoms with van der Waals surface area (Å²) in [7, 11) is 0. The van der Waals surface area contributed by atoms with E-state index in [4.69, 9.17) is 0 Å². The third-order valence-corrected chi connectivity index (χ3v) is 5.41. The lowest BCUT2D eigenvalue weighted by Gasteiger charge is -2.17. The van der Waals surface area contributed by atoms with Crippen LogP contribution < -0.4 is 16.0 Å². The summed E-state index contributed by atoms with van der Waals surface area (Å²) in [5, 5.41) is 8.04. The van der Waals surface area contributed by atoms with Crippen molar-refractivity contribution in [3.05, 3.63) is 53.6 Å². The molecule has 142 valence electrons. The Kier molecular flexibility index (Phi) is 4.74. The minimum Gasteiger partial charge on any atom is -0.329 e. The molecule has 8 nitrogen and oxygen atoms in total. The lowest BCUT2D eigenvalue weighted by Crippen LogP contribution is -2.30. The van der Waals surface area contributed by atoms with Crippen molar-refractivity contribution in [3.63, 3.8) is 0 Å². The van der Waals surface area contributed by atoms with Gasteiger partial charge in [0.1, 0.15) is 0 Å². The molecule has 0 radical (unpaired) electrons. The second kappa shape index (κ2) is 7.35. The predicted molar refractivity (Wildman–Crippen MR) is 104 cm³/mol. The fourth-order valence-electron chi connectivity index (χ4n) is 2.97. The number of urea groups is 1.